The summed E-state index contributed by atoms with van der Waals surface area (Å²) in [6, 6.07) is 4.10. The number of nitrogens with zero attached hydrogens (tertiary/aromatic N) is 1. The van der Waals surface area contributed by atoms with Gasteiger partial charge in [-0.25, -0.2) is 0 Å². The molecule has 0 spiro atoms. The molecule has 0 bridgehead atoms. The summed E-state index contributed by atoms with van der Waals surface area (Å²) in [6.45, 7) is 3.82. The molecule has 70 valence electrons. The first-order valence-electron chi connectivity index (χ1n) is 4.79. The molecule has 0 amide bonds. The lowest BCUT2D eigenvalue weighted by Gasteiger charge is -2.29. The minimum Gasteiger partial charge on any atom is -0.384 e. The van der Waals surface area contributed by atoms with E-state index in [1.54, 1.807) is 0 Å². The van der Waals surface area contributed by atoms with Gasteiger partial charge in [-0.05, 0) is 44.7 Å². The van der Waals surface area contributed by atoms with Gasteiger partial charge in [0.25, 0.3) is 0 Å². The normalized spacial score (nSPS) is 27.0. The quantitative estimate of drug-likeness (QED) is 0.657. The van der Waals surface area contributed by atoms with E-state index in [9.17, 15) is 5.11 Å². The molecule has 1 aromatic rings. The summed E-state index contributed by atoms with van der Waals surface area (Å²) in [5, 5.41) is 10.1. The van der Waals surface area contributed by atoms with Crippen molar-refractivity contribution in [3.63, 3.8) is 0 Å². The maximum atomic E-state index is 10.1. The lowest BCUT2D eigenvalue weighted by atomic mass is 9.84. The molecule has 1 N–H and O–H groups in total. The molecule has 0 radical (unpaired) electrons. The molecule has 2 heteroatoms. The molecular formula is C11H15NO. The van der Waals surface area contributed by atoms with Gasteiger partial charge in [-0.15, -0.1) is 0 Å². The molecule has 1 unspecified atom stereocenters. The van der Waals surface area contributed by atoms with Gasteiger partial charge in [0.05, 0.1) is 5.69 Å². The Bertz CT molecular complexity index is 331. The average Bonchev–Trinajstić information content (AvgIpc) is 2.06. The van der Waals surface area contributed by atoms with Crippen LogP contribution in [0.2, 0.25) is 0 Å². The first kappa shape index (κ1) is 8.70. The molecular weight excluding hydrogens is 162 g/mol. The number of aryl methyl sites for hydroxylation is 2. The molecule has 1 aromatic heterocycles. The van der Waals surface area contributed by atoms with Gasteiger partial charge >= 0.3 is 0 Å². The monoisotopic (exact) mass is 177 g/mol. The van der Waals surface area contributed by atoms with Gasteiger partial charge in [0, 0.05) is 5.69 Å². The molecule has 1 aliphatic rings. The van der Waals surface area contributed by atoms with E-state index < -0.39 is 5.60 Å². The van der Waals surface area contributed by atoms with Crippen LogP contribution >= 0.6 is 0 Å². The van der Waals surface area contributed by atoms with Gasteiger partial charge in [0.1, 0.15) is 5.60 Å². The first-order valence-corrected chi connectivity index (χ1v) is 4.79. The summed E-state index contributed by atoms with van der Waals surface area (Å²) in [5.41, 5.74) is 2.38. The van der Waals surface area contributed by atoms with Gasteiger partial charge in [0.2, 0.25) is 0 Å². The number of fused-ring (bicyclic) bond motifs is 1. The fourth-order valence-electron chi connectivity index (χ4n) is 2.00. The van der Waals surface area contributed by atoms with Crippen LogP contribution in [0.25, 0.3) is 0 Å². The predicted molar refractivity (Wildman–Crippen MR) is 51.5 cm³/mol. The predicted octanol–water partition coefficient (Wildman–Crippen LogP) is 1.93. The van der Waals surface area contributed by atoms with Crippen molar-refractivity contribution in [3.05, 3.63) is 29.1 Å². The summed E-state index contributed by atoms with van der Waals surface area (Å²) in [7, 11) is 0. The number of aliphatic hydroxyl groups is 1. The Kier molecular flexibility index (Phi) is 1.88. The Morgan fingerprint density at radius 2 is 2.23 bits per heavy atom. The van der Waals surface area contributed by atoms with Gasteiger partial charge < -0.3 is 5.11 Å². The summed E-state index contributed by atoms with van der Waals surface area (Å²) in [4.78, 5) is 4.42. The molecule has 0 fully saturated rings. The van der Waals surface area contributed by atoms with Crippen LogP contribution in [0.15, 0.2) is 12.1 Å². The van der Waals surface area contributed by atoms with E-state index in [1.165, 1.54) is 5.56 Å². The minimum absolute atomic E-state index is 0.709. The Morgan fingerprint density at radius 3 is 3.00 bits per heavy atom. The Hall–Kier alpha value is -0.890. The highest BCUT2D eigenvalue weighted by Crippen LogP contribution is 2.33. The molecule has 1 heterocycles. The van der Waals surface area contributed by atoms with Crippen molar-refractivity contribution in [1.29, 1.82) is 0 Å². The zero-order valence-electron chi connectivity index (χ0n) is 8.17. The summed E-state index contributed by atoms with van der Waals surface area (Å²) < 4.78 is 0. The van der Waals surface area contributed by atoms with Crippen LogP contribution in [-0.2, 0) is 12.0 Å². The molecule has 1 aliphatic carbocycles. The number of aromatic nitrogens is 1. The van der Waals surface area contributed by atoms with Crippen LogP contribution in [-0.4, -0.2) is 10.1 Å². The van der Waals surface area contributed by atoms with Crippen molar-refractivity contribution >= 4 is 0 Å². The van der Waals surface area contributed by atoms with E-state index >= 15 is 0 Å². The van der Waals surface area contributed by atoms with E-state index in [0.29, 0.717) is 0 Å². The van der Waals surface area contributed by atoms with E-state index in [0.717, 1.165) is 30.7 Å². The topological polar surface area (TPSA) is 33.1 Å². The Morgan fingerprint density at radius 1 is 1.46 bits per heavy atom. The van der Waals surface area contributed by atoms with Crippen molar-refractivity contribution < 1.29 is 5.11 Å². The van der Waals surface area contributed by atoms with Crippen molar-refractivity contribution in [1.82, 2.24) is 4.98 Å². The summed E-state index contributed by atoms with van der Waals surface area (Å²) in [6.07, 6.45) is 2.94. The molecule has 0 aliphatic heterocycles. The largest absolute Gasteiger partial charge is 0.384 e. The molecule has 0 saturated carbocycles. The highest BCUT2D eigenvalue weighted by atomic mass is 16.3. The fraction of sp³-hybridized carbons (Fsp3) is 0.545. The smallest absolute Gasteiger partial charge is 0.104 e. The number of pyridine rings is 1. The average molecular weight is 177 g/mol. The van der Waals surface area contributed by atoms with Gasteiger partial charge in [0.15, 0.2) is 0 Å². The highest BCUT2D eigenvalue weighted by Gasteiger charge is 2.30. The first-order chi connectivity index (χ1) is 6.09. The van der Waals surface area contributed by atoms with Crippen molar-refractivity contribution in [2.75, 3.05) is 0 Å². The second-order valence-corrected chi connectivity index (χ2v) is 4.09. The van der Waals surface area contributed by atoms with Crippen LogP contribution < -0.4 is 0 Å². The Balaban J connectivity index is 2.55. The maximum absolute atomic E-state index is 10.1. The van der Waals surface area contributed by atoms with Crippen LogP contribution in [0.1, 0.15) is 36.7 Å². The molecule has 0 aromatic carbocycles. The molecule has 2 rings (SSSR count). The van der Waals surface area contributed by atoms with E-state index in [4.69, 9.17) is 0 Å². The van der Waals surface area contributed by atoms with Crippen molar-refractivity contribution in [2.45, 2.75) is 38.7 Å². The lowest BCUT2D eigenvalue weighted by Crippen LogP contribution is -2.28. The van der Waals surface area contributed by atoms with Crippen LogP contribution in [0.5, 0.6) is 0 Å². The SMILES string of the molecule is Cc1ccc2c(n1)C(C)(O)CCC2. The standard InChI is InChI=1S/C11H15NO/c1-8-5-6-9-4-3-7-11(2,13)10(9)12-8/h5-6,13H,3-4,7H2,1-2H3. The van der Waals surface area contributed by atoms with E-state index in [-0.39, 0.29) is 0 Å². The Labute approximate surface area is 78.6 Å². The van der Waals surface area contributed by atoms with Gasteiger partial charge in [-0.3, -0.25) is 4.98 Å². The molecule has 1 atom stereocenters. The minimum atomic E-state index is -0.709. The van der Waals surface area contributed by atoms with Gasteiger partial charge in [-0.1, -0.05) is 6.07 Å². The highest BCUT2D eigenvalue weighted by molar-refractivity contribution is 5.29. The number of hydrogen-bond donors (Lipinski definition) is 1. The van der Waals surface area contributed by atoms with Crippen molar-refractivity contribution in [2.24, 2.45) is 0 Å². The summed E-state index contributed by atoms with van der Waals surface area (Å²) in [5.74, 6) is 0. The zero-order chi connectivity index (χ0) is 9.47. The number of rotatable bonds is 0. The third kappa shape index (κ3) is 1.46. The van der Waals surface area contributed by atoms with E-state index in [1.807, 2.05) is 19.9 Å². The second-order valence-electron chi connectivity index (χ2n) is 4.09. The third-order valence-electron chi connectivity index (χ3n) is 2.74. The zero-order valence-corrected chi connectivity index (χ0v) is 8.17. The lowest BCUT2D eigenvalue weighted by molar-refractivity contribution is 0.0338. The van der Waals surface area contributed by atoms with Crippen LogP contribution in [0.3, 0.4) is 0 Å². The third-order valence-corrected chi connectivity index (χ3v) is 2.74. The second kappa shape index (κ2) is 2.81. The molecule has 0 saturated heterocycles. The molecule has 13 heavy (non-hydrogen) atoms. The van der Waals surface area contributed by atoms with E-state index in [2.05, 4.69) is 11.1 Å². The summed E-state index contributed by atoms with van der Waals surface area (Å²) >= 11 is 0. The van der Waals surface area contributed by atoms with Crippen LogP contribution in [0, 0.1) is 6.92 Å². The van der Waals surface area contributed by atoms with Gasteiger partial charge in [-0.2, -0.15) is 0 Å². The number of hydrogen-bond acceptors (Lipinski definition) is 2. The fourth-order valence-corrected chi connectivity index (χ4v) is 2.00. The van der Waals surface area contributed by atoms with Crippen molar-refractivity contribution in [3.8, 4) is 0 Å². The molecule has 2 nitrogen and oxygen atoms in total. The maximum Gasteiger partial charge on any atom is 0.104 e. The van der Waals surface area contributed by atoms with Crippen LogP contribution in [0.4, 0.5) is 0 Å².